The maximum absolute atomic E-state index is 15.8. The Bertz CT molecular complexity index is 1680. The second-order valence-corrected chi connectivity index (χ2v) is 11.1. The van der Waals surface area contributed by atoms with E-state index in [1.165, 1.54) is 19.2 Å². The summed E-state index contributed by atoms with van der Waals surface area (Å²) in [6, 6.07) is 8.61. The van der Waals surface area contributed by atoms with Crippen LogP contribution in [-0.4, -0.2) is 81.1 Å². The summed E-state index contributed by atoms with van der Waals surface area (Å²) in [4.78, 5) is 54.9. The van der Waals surface area contributed by atoms with Crippen LogP contribution in [0.25, 0.3) is 10.9 Å². The number of anilines is 3. The van der Waals surface area contributed by atoms with Crippen molar-refractivity contribution in [3.05, 3.63) is 58.1 Å². The van der Waals surface area contributed by atoms with Crippen molar-refractivity contribution in [2.75, 3.05) is 67.2 Å². The molecule has 1 N–H and O–H groups in total. The molecule has 3 aromatic rings. The summed E-state index contributed by atoms with van der Waals surface area (Å²) < 4.78 is 34.1. The molecule has 2 amide bonds. The number of carbonyl (C=O) groups excluding carboxylic acids is 3. The first-order chi connectivity index (χ1) is 21.2. The Kier molecular flexibility index (Phi) is 7.78. The molecular weight excluding hydrogens is 573 g/mol. The lowest BCUT2D eigenvalue weighted by molar-refractivity contribution is -0.119. The number of benzene rings is 2. The first-order valence-corrected chi connectivity index (χ1v) is 14.7. The normalized spacial score (nSPS) is 19.5. The van der Waals surface area contributed by atoms with Crippen LogP contribution in [0.15, 0.2) is 41.3 Å². The number of pyridine rings is 1. The quantitative estimate of drug-likeness (QED) is 0.404. The molecule has 0 aliphatic carbocycles. The molecule has 3 aliphatic heterocycles. The Morgan fingerprint density at radius 1 is 1.07 bits per heavy atom. The monoisotopic (exact) mass is 607 g/mol. The summed E-state index contributed by atoms with van der Waals surface area (Å²) in [5.41, 5.74) is 1.72. The first kappa shape index (κ1) is 29.3. The molecule has 1 aromatic heterocycles. The van der Waals surface area contributed by atoms with Gasteiger partial charge in [-0.3, -0.25) is 14.5 Å². The van der Waals surface area contributed by atoms with Gasteiger partial charge in [0.15, 0.2) is 11.6 Å². The van der Waals surface area contributed by atoms with Crippen molar-refractivity contribution in [3.63, 3.8) is 0 Å². The number of hydrogen-bond donors (Lipinski definition) is 1. The average molecular weight is 608 g/mol. The fourth-order valence-electron chi connectivity index (χ4n) is 5.99. The molecule has 0 spiro atoms. The van der Waals surface area contributed by atoms with Crippen LogP contribution in [0.2, 0.25) is 0 Å². The van der Waals surface area contributed by atoms with Crippen molar-refractivity contribution < 1.29 is 33.0 Å². The predicted octanol–water partition coefficient (Wildman–Crippen LogP) is 3.06. The number of nitrogens with zero attached hydrogens (tertiary/aromatic N) is 4. The van der Waals surface area contributed by atoms with Crippen LogP contribution in [0.3, 0.4) is 0 Å². The van der Waals surface area contributed by atoms with Crippen molar-refractivity contribution in [1.29, 1.82) is 0 Å². The molecule has 13 heteroatoms. The maximum Gasteiger partial charge on any atom is 0.414 e. The van der Waals surface area contributed by atoms with Crippen LogP contribution in [0.5, 0.6) is 5.75 Å². The van der Waals surface area contributed by atoms with Crippen molar-refractivity contribution >= 4 is 45.9 Å². The zero-order valence-electron chi connectivity index (χ0n) is 24.8. The first-order valence-electron chi connectivity index (χ1n) is 14.7. The molecule has 3 aliphatic rings. The van der Waals surface area contributed by atoms with E-state index in [2.05, 4.69) is 10.2 Å². The average Bonchev–Trinajstić information content (AvgIpc) is 3.39. The zero-order chi connectivity index (χ0) is 31.1. The van der Waals surface area contributed by atoms with Gasteiger partial charge in [0.1, 0.15) is 24.0 Å². The smallest absolute Gasteiger partial charge is 0.414 e. The third-order valence-electron chi connectivity index (χ3n) is 8.21. The molecule has 44 heavy (non-hydrogen) atoms. The number of carbonyl (C=O) groups is 3. The van der Waals surface area contributed by atoms with Crippen LogP contribution in [0, 0.1) is 5.82 Å². The number of halogens is 1. The number of piperazine rings is 1. The van der Waals surface area contributed by atoms with Crippen molar-refractivity contribution in [2.45, 2.75) is 32.9 Å². The van der Waals surface area contributed by atoms with Gasteiger partial charge in [-0.25, -0.2) is 14.0 Å². The van der Waals surface area contributed by atoms with Gasteiger partial charge in [-0.2, -0.15) is 0 Å². The van der Waals surface area contributed by atoms with Gasteiger partial charge >= 0.3 is 12.1 Å². The summed E-state index contributed by atoms with van der Waals surface area (Å²) in [6.45, 7) is 8.18. The SMILES string of the molecule is CCOC(=O)c1cn2c3c(c(N4CCN(c5ccc(N6C[C@H](CNC(C)=O)OC6=O)cc5)CC4)c(F)cc3c1=O)OCC2C. The number of nitrogens with one attached hydrogen (secondary N) is 1. The van der Waals surface area contributed by atoms with Gasteiger partial charge in [-0.15, -0.1) is 0 Å². The Labute approximate surface area is 252 Å². The number of esters is 1. The Balaban J connectivity index is 1.19. The van der Waals surface area contributed by atoms with Crippen molar-refractivity contribution in [2.24, 2.45) is 0 Å². The lowest BCUT2D eigenvalue weighted by Gasteiger charge is -2.39. The Morgan fingerprint density at radius 2 is 1.75 bits per heavy atom. The third-order valence-corrected chi connectivity index (χ3v) is 8.21. The number of hydrogen-bond acceptors (Lipinski definition) is 9. The number of rotatable bonds is 7. The van der Waals surface area contributed by atoms with E-state index in [9.17, 15) is 19.2 Å². The highest BCUT2D eigenvalue weighted by Crippen LogP contribution is 2.42. The van der Waals surface area contributed by atoms with Crippen molar-refractivity contribution in [1.82, 2.24) is 9.88 Å². The lowest BCUT2D eigenvalue weighted by Crippen LogP contribution is -2.47. The molecule has 0 radical (unpaired) electrons. The Morgan fingerprint density at radius 3 is 2.43 bits per heavy atom. The number of amides is 2. The fraction of sp³-hybridized carbons (Fsp3) is 0.419. The second-order valence-electron chi connectivity index (χ2n) is 11.1. The summed E-state index contributed by atoms with van der Waals surface area (Å²) in [6.07, 6.45) is 0.622. The standard InChI is InChI=1S/C31H34FN5O7/c1-4-42-30(40)24-16-36-18(2)17-43-29-26(36)23(28(24)39)13-25(32)27(29)35-11-9-34(10-12-35)20-5-7-21(8-6-20)37-15-22(44-31(37)41)14-33-19(3)38/h5-8,13,16,18,22H,4,9-12,14-15,17H2,1-3H3,(H,33,38)/t18?,22-/m0/s1. The third kappa shape index (κ3) is 5.26. The van der Waals surface area contributed by atoms with Gasteiger partial charge in [0.2, 0.25) is 11.3 Å². The summed E-state index contributed by atoms with van der Waals surface area (Å²) in [7, 11) is 0. The minimum Gasteiger partial charge on any atom is -0.487 e. The van der Waals surface area contributed by atoms with Gasteiger partial charge in [-0.05, 0) is 44.2 Å². The topological polar surface area (TPSA) is 123 Å². The van der Waals surface area contributed by atoms with E-state index in [0.29, 0.717) is 55.4 Å². The molecule has 0 saturated carbocycles. The Hall–Kier alpha value is -4.81. The molecule has 2 aromatic carbocycles. The molecule has 232 valence electrons. The van der Waals surface area contributed by atoms with Crippen LogP contribution in [-0.2, 0) is 14.3 Å². The molecule has 12 nitrogen and oxygen atoms in total. The van der Waals surface area contributed by atoms with Crippen molar-refractivity contribution in [3.8, 4) is 5.75 Å². The van der Waals surface area contributed by atoms with E-state index < -0.39 is 29.4 Å². The van der Waals surface area contributed by atoms with Gasteiger partial charge in [0.05, 0.1) is 36.6 Å². The van der Waals surface area contributed by atoms with Crippen LogP contribution >= 0.6 is 0 Å². The summed E-state index contributed by atoms with van der Waals surface area (Å²) >= 11 is 0. The second kappa shape index (κ2) is 11.7. The summed E-state index contributed by atoms with van der Waals surface area (Å²) in [5, 5.41) is 2.75. The van der Waals surface area contributed by atoms with Gasteiger partial charge in [0.25, 0.3) is 0 Å². The highest BCUT2D eigenvalue weighted by molar-refractivity contribution is 5.98. The molecular formula is C31H34FN5O7. The lowest BCUT2D eigenvalue weighted by atomic mass is 10.1. The van der Waals surface area contributed by atoms with Gasteiger partial charge in [0, 0.05) is 50.7 Å². The minimum atomic E-state index is -0.733. The van der Waals surface area contributed by atoms with E-state index >= 15 is 4.39 Å². The number of cyclic esters (lactones) is 1. The molecule has 2 atom stereocenters. The zero-order valence-corrected chi connectivity index (χ0v) is 24.8. The van der Waals surface area contributed by atoms with Crippen LogP contribution in [0.4, 0.5) is 26.2 Å². The molecule has 0 bridgehead atoms. The van der Waals surface area contributed by atoms with E-state index in [4.69, 9.17) is 14.2 Å². The van der Waals surface area contributed by atoms with Gasteiger partial charge < -0.3 is 33.9 Å². The van der Waals surface area contributed by atoms with E-state index in [1.807, 2.05) is 36.1 Å². The minimum absolute atomic E-state index is 0.0837. The number of aromatic nitrogens is 1. The molecule has 1 unspecified atom stereocenters. The maximum atomic E-state index is 15.8. The van der Waals surface area contributed by atoms with E-state index in [-0.39, 0.29) is 42.7 Å². The van der Waals surface area contributed by atoms with Crippen LogP contribution < -0.4 is 30.2 Å². The molecule has 6 rings (SSSR count). The predicted molar refractivity (Wildman–Crippen MR) is 161 cm³/mol. The van der Waals surface area contributed by atoms with E-state index in [1.54, 1.807) is 16.4 Å². The molecule has 2 fully saturated rings. The fourth-order valence-corrected chi connectivity index (χ4v) is 5.99. The van der Waals surface area contributed by atoms with Gasteiger partial charge in [-0.1, -0.05) is 0 Å². The largest absolute Gasteiger partial charge is 0.487 e. The number of ether oxygens (including phenoxy) is 3. The molecule has 4 heterocycles. The molecule has 2 saturated heterocycles. The van der Waals surface area contributed by atoms with E-state index in [0.717, 1.165) is 5.69 Å². The highest BCUT2D eigenvalue weighted by Gasteiger charge is 2.34. The summed E-state index contributed by atoms with van der Waals surface area (Å²) in [5.74, 6) is -1.20. The highest BCUT2D eigenvalue weighted by atomic mass is 19.1. The van der Waals surface area contributed by atoms with Crippen LogP contribution in [0.1, 0.15) is 37.2 Å².